The topological polar surface area (TPSA) is 72.8 Å². The van der Waals surface area contributed by atoms with Gasteiger partial charge in [0.25, 0.3) is 0 Å². The average molecular weight is 1110 g/mol. The van der Waals surface area contributed by atoms with E-state index in [2.05, 4.69) is 160 Å². The van der Waals surface area contributed by atoms with Crippen LogP contribution in [-0.4, -0.2) is 36.4 Å². The lowest BCUT2D eigenvalue weighted by Crippen LogP contribution is -2.28. The van der Waals surface area contributed by atoms with Gasteiger partial charge in [-0.3, -0.25) is 9.59 Å². The van der Waals surface area contributed by atoms with E-state index in [1.165, 1.54) is 148 Å². The Kier molecular flexibility index (Phi) is 65.4. The van der Waals surface area contributed by atoms with Crippen molar-refractivity contribution in [1.29, 1.82) is 0 Å². The first-order valence-electron chi connectivity index (χ1n) is 33.4. The molecule has 80 heavy (non-hydrogen) atoms. The first-order valence-corrected chi connectivity index (χ1v) is 33.4. The van der Waals surface area contributed by atoms with Gasteiger partial charge in [0, 0.05) is 12.8 Å². The molecule has 0 saturated heterocycles. The number of unbranched alkanes of at least 4 members (excludes halogenated alkanes) is 28. The molecule has 0 aliphatic rings. The van der Waals surface area contributed by atoms with Gasteiger partial charge >= 0.3 is 11.9 Å². The second-order valence-electron chi connectivity index (χ2n) is 21.8. The van der Waals surface area contributed by atoms with Crippen molar-refractivity contribution in [1.82, 2.24) is 0 Å². The predicted molar refractivity (Wildman–Crippen MR) is 352 cm³/mol. The molecule has 5 heteroatoms. The number of hydrogen-bond donors (Lipinski definition) is 1. The van der Waals surface area contributed by atoms with Crippen molar-refractivity contribution in [2.24, 2.45) is 0 Å². The van der Waals surface area contributed by atoms with Crippen molar-refractivity contribution in [3.8, 4) is 0 Å². The molecule has 0 heterocycles. The molecule has 0 radical (unpaired) electrons. The summed E-state index contributed by atoms with van der Waals surface area (Å²) in [6, 6.07) is 0. The molecule has 0 rings (SSSR count). The Bertz CT molecular complexity index is 1680. The number of aliphatic hydroxyl groups excluding tert-OH is 1. The normalized spacial score (nSPS) is 13.2. The van der Waals surface area contributed by atoms with Crippen LogP contribution in [0.15, 0.2) is 146 Å². The van der Waals surface area contributed by atoms with Crippen LogP contribution in [0.1, 0.15) is 296 Å². The summed E-state index contributed by atoms with van der Waals surface area (Å²) in [5.74, 6) is -0.620. The Labute approximate surface area is 495 Å². The van der Waals surface area contributed by atoms with E-state index in [0.717, 1.165) is 122 Å². The maximum atomic E-state index is 12.3. The fourth-order valence-corrected chi connectivity index (χ4v) is 9.14. The predicted octanol–water partition coefficient (Wildman–Crippen LogP) is 23.3. The molecule has 0 aromatic heterocycles. The lowest BCUT2D eigenvalue weighted by Gasteiger charge is -2.15. The number of allylic oxidation sites excluding steroid dienone is 24. The molecule has 0 aliphatic heterocycles. The molecular weight excluding hydrogens is 981 g/mol. The van der Waals surface area contributed by atoms with Crippen molar-refractivity contribution in [2.75, 3.05) is 13.2 Å². The quantitative estimate of drug-likeness (QED) is 0.0373. The van der Waals surface area contributed by atoms with Gasteiger partial charge in [-0.1, -0.05) is 307 Å². The molecular formula is C75H124O5. The molecule has 454 valence electrons. The van der Waals surface area contributed by atoms with Crippen LogP contribution >= 0.6 is 0 Å². The van der Waals surface area contributed by atoms with Gasteiger partial charge in [0.2, 0.25) is 0 Å². The highest BCUT2D eigenvalue weighted by Crippen LogP contribution is 2.16. The van der Waals surface area contributed by atoms with Gasteiger partial charge in [-0.25, -0.2) is 0 Å². The van der Waals surface area contributed by atoms with Crippen molar-refractivity contribution in [3.05, 3.63) is 146 Å². The van der Waals surface area contributed by atoms with Crippen LogP contribution in [0, 0.1) is 0 Å². The summed E-state index contributed by atoms with van der Waals surface area (Å²) in [5, 5.41) is 9.69. The van der Waals surface area contributed by atoms with Crippen LogP contribution in [0.2, 0.25) is 0 Å². The molecule has 1 atom stereocenters. The van der Waals surface area contributed by atoms with E-state index >= 15 is 0 Å². The fraction of sp³-hybridized carbons (Fsp3) is 0.653. The molecule has 5 nitrogen and oxygen atoms in total. The first kappa shape index (κ1) is 75.8. The summed E-state index contributed by atoms with van der Waals surface area (Å²) in [6.45, 7) is 4.01. The van der Waals surface area contributed by atoms with E-state index in [9.17, 15) is 14.7 Å². The van der Waals surface area contributed by atoms with Crippen LogP contribution < -0.4 is 0 Å². The number of ether oxygens (including phenoxy) is 2. The van der Waals surface area contributed by atoms with Crippen molar-refractivity contribution in [2.45, 2.75) is 302 Å². The van der Waals surface area contributed by atoms with E-state index < -0.39 is 6.10 Å². The van der Waals surface area contributed by atoms with Crippen LogP contribution in [0.4, 0.5) is 0 Å². The van der Waals surface area contributed by atoms with Crippen LogP contribution in [-0.2, 0) is 19.1 Å². The number of carbonyl (C=O) groups is 2. The van der Waals surface area contributed by atoms with Crippen molar-refractivity contribution >= 4 is 11.9 Å². The summed E-state index contributed by atoms with van der Waals surface area (Å²) in [4.78, 5) is 24.6. The van der Waals surface area contributed by atoms with Crippen LogP contribution in [0.3, 0.4) is 0 Å². The Balaban J connectivity index is 3.57. The second-order valence-corrected chi connectivity index (χ2v) is 21.8. The number of rotatable bonds is 60. The lowest BCUT2D eigenvalue weighted by molar-refractivity contribution is -0.161. The van der Waals surface area contributed by atoms with Crippen LogP contribution in [0.5, 0.6) is 0 Å². The van der Waals surface area contributed by atoms with E-state index in [1.54, 1.807) is 0 Å². The Morgan fingerprint density at radius 3 is 0.812 bits per heavy atom. The van der Waals surface area contributed by atoms with Crippen LogP contribution in [0.25, 0.3) is 0 Å². The summed E-state index contributed by atoms with van der Waals surface area (Å²) in [5.41, 5.74) is 0. The number of hydrogen-bond acceptors (Lipinski definition) is 5. The molecule has 0 fully saturated rings. The van der Waals surface area contributed by atoms with E-state index in [-0.39, 0.29) is 25.2 Å². The highest BCUT2D eigenvalue weighted by atomic mass is 16.6. The monoisotopic (exact) mass is 1100 g/mol. The number of aliphatic hydroxyl groups is 1. The van der Waals surface area contributed by atoms with Gasteiger partial charge in [0.05, 0.1) is 6.61 Å². The second kappa shape index (κ2) is 69.1. The fourth-order valence-electron chi connectivity index (χ4n) is 9.14. The minimum absolute atomic E-state index is 0.0828. The zero-order valence-corrected chi connectivity index (χ0v) is 52.0. The molecule has 1 unspecified atom stereocenters. The third kappa shape index (κ3) is 66.3. The summed E-state index contributed by atoms with van der Waals surface area (Å²) in [7, 11) is 0. The Morgan fingerprint density at radius 2 is 0.537 bits per heavy atom. The van der Waals surface area contributed by atoms with Gasteiger partial charge in [-0.2, -0.15) is 0 Å². The van der Waals surface area contributed by atoms with E-state index in [0.29, 0.717) is 12.8 Å². The lowest BCUT2D eigenvalue weighted by atomic mass is 10.0. The first-order chi connectivity index (χ1) is 39.6. The molecule has 0 aliphatic carbocycles. The third-order valence-electron chi connectivity index (χ3n) is 14.1. The zero-order valence-electron chi connectivity index (χ0n) is 52.0. The van der Waals surface area contributed by atoms with Gasteiger partial charge in [0.15, 0.2) is 6.10 Å². The minimum atomic E-state index is -0.797. The maximum absolute atomic E-state index is 12.3. The van der Waals surface area contributed by atoms with Crippen molar-refractivity contribution < 1.29 is 24.2 Å². The Hall–Kier alpha value is -4.22. The van der Waals surface area contributed by atoms with E-state index in [4.69, 9.17) is 9.47 Å². The summed E-state index contributed by atoms with van der Waals surface area (Å²) >= 11 is 0. The molecule has 0 bridgehead atoms. The largest absolute Gasteiger partial charge is 0.462 e. The molecule has 0 aromatic carbocycles. The SMILES string of the molecule is CC/C=C\C/C=C\C/C=C\C/C=C\C/C=C\C/C=C\C/C=C\C/C=C\C/C=C\C/C=C\CCCCCCC(=O)OC(CO)COC(=O)CCCCCCCCCCCCCCCCCCCCC/C=C\C/C=C\CCCCCCC. The summed E-state index contributed by atoms with van der Waals surface area (Å²) in [6.07, 6.45) is 104. The van der Waals surface area contributed by atoms with Gasteiger partial charge in [-0.05, 0) is 122 Å². The number of esters is 2. The van der Waals surface area contributed by atoms with Gasteiger partial charge in [0.1, 0.15) is 6.61 Å². The minimum Gasteiger partial charge on any atom is -0.462 e. The molecule has 1 N–H and O–H groups in total. The van der Waals surface area contributed by atoms with Crippen molar-refractivity contribution in [3.63, 3.8) is 0 Å². The van der Waals surface area contributed by atoms with Gasteiger partial charge < -0.3 is 14.6 Å². The summed E-state index contributed by atoms with van der Waals surface area (Å²) < 4.78 is 10.7. The smallest absolute Gasteiger partial charge is 0.306 e. The highest BCUT2D eigenvalue weighted by molar-refractivity contribution is 5.70. The van der Waals surface area contributed by atoms with Gasteiger partial charge in [-0.15, -0.1) is 0 Å². The third-order valence-corrected chi connectivity index (χ3v) is 14.1. The standard InChI is InChI=1S/C75H124O5/c1-3-5-7-9-11-13-15-17-19-21-23-25-27-29-31-33-35-36-37-38-40-42-44-46-48-50-52-54-56-58-60-62-64-66-68-70-75(78)80-73(71-76)72-79-74(77)69-67-65-63-61-59-57-55-53-51-49-47-45-43-41-39-34-32-30-28-26-24-22-20-18-16-14-12-10-8-6-4-2/h5,7,11,13,16-19,22-25,29,31,35-36,38,40,44,46,50,52,56,58,73,76H,3-4,6,8-10,12,14-15,20-21,26-28,30,32-34,37,39,41-43,45,47-49,51,53-55,57,59-72H2,1-2H3/b7-5-,13-11-,18-16-,19-17-,24-22-,25-23-,31-29-,36-35-,40-38-,46-44-,52-50-,58-56-. The Morgan fingerprint density at radius 1 is 0.300 bits per heavy atom. The number of carbonyl (C=O) groups excluding carboxylic acids is 2. The molecule has 0 saturated carbocycles. The highest BCUT2D eigenvalue weighted by Gasteiger charge is 2.16. The molecule has 0 aromatic rings. The van der Waals surface area contributed by atoms with E-state index in [1.807, 2.05) is 0 Å². The zero-order chi connectivity index (χ0) is 57.6. The molecule has 0 spiro atoms. The molecule has 0 amide bonds. The maximum Gasteiger partial charge on any atom is 0.306 e. The average Bonchev–Trinajstić information content (AvgIpc) is 3.46.